The van der Waals surface area contributed by atoms with Gasteiger partial charge < -0.3 is 5.11 Å². The van der Waals surface area contributed by atoms with Crippen molar-refractivity contribution in [2.75, 3.05) is 0 Å². The molecule has 0 bridgehead atoms. The molecule has 2 rings (SSSR count). The second-order valence-electron chi connectivity index (χ2n) is 2.66. The topological polar surface area (TPSA) is 20.2 Å². The summed E-state index contributed by atoms with van der Waals surface area (Å²) in [7, 11) is 0. The molecule has 2 aromatic rings. The maximum absolute atomic E-state index is 9.55. The van der Waals surface area contributed by atoms with E-state index in [0.717, 1.165) is 19.4 Å². The smallest absolute Gasteiger partial charge is 0.124 e. The van der Waals surface area contributed by atoms with Crippen LogP contribution in [-0.2, 0) is 5.88 Å². The largest absolute Gasteiger partial charge is 0.507 e. The molecule has 1 aromatic heterocycles. The first kappa shape index (κ1) is 9.31. The highest BCUT2D eigenvalue weighted by molar-refractivity contribution is 9.10. The van der Waals surface area contributed by atoms with Gasteiger partial charge >= 0.3 is 0 Å². The number of alkyl halides is 1. The first-order valence-corrected chi connectivity index (χ1v) is 5.82. The molecule has 1 nitrogen and oxygen atoms in total. The lowest BCUT2D eigenvalue weighted by atomic mass is 10.2. The van der Waals surface area contributed by atoms with Gasteiger partial charge in [-0.15, -0.1) is 22.9 Å². The molecule has 0 fully saturated rings. The average Bonchev–Trinajstić information content (AvgIpc) is 2.56. The number of aromatic hydroxyl groups is 1. The number of hydrogen-bond donors (Lipinski definition) is 1. The Bertz CT molecular complexity index is 413. The molecule has 4 heteroatoms. The summed E-state index contributed by atoms with van der Waals surface area (Å²) in [5.74, 6) is 0.802. The van der Waals surface area contributed by atoms with Crippen LogP contribution in [0.2, 0.25) is 0 Å². The third-order valence-electron chi connectivity index (χ3n) is 1.80. The van der Waals surface area contributed by atoms with E-state index in [-0.39, 0.29) is 0 Å². The van der Waals surface area contributed by atoms with Gasteiger partial charge in [-0.05, 0) is 34.1 Å². The Hall–Kier alpha value is -0.250. The molecule has 0 aliphatic carbocycles. The van der Waals surface area contributed by atoms with E-state index < -0.39 is 0 Å². The number of hydrogen-bond acceptors (Lipinski definition) is 2. The molecule has 0 aliphatic rings. The van der Waals surface area contributed by atoms with Gasteiger partial charge in [0.2, 0.25) is 0 Å². The van der Waals surface area contributed by atoms with E-state index in [4.69, 9.17) is 11.6 Å². The van der Waals surface area contributed by atoms with Crippen molar-refractivity contribution in [3.05, 3.63) is 27.5 Å². The SMILES string of the molecule is Oc1ccc(Br)c2sc(CCl)cc12. The van der Waals surface area contributed by atoms with Crippen molar-refractivity contribution < 1.29 is 5.11 Å². The molecule has 0 atom stereocenters. The van der Waals surface area contributed by atoms with Crippen LogP contribution in [0.5, 0.6) is 5.75 Å². The summed E-state index contributed by atoms with van der Waals surface area (Å²) in [6, 6.07) is 5.44. The van der Waals surface area contributed by atoms with Crippen LogP contribution >= 0.6 is 38.9 Å². The molecular formula is C9H6BrClOS. The van der Waals surface area contributed by atoms with Crippen molar-refractivity contribution in [1.29, 1.82) is 0 Å². The van der Waals surface area contributed by atoms with Crippen LogP contribution in [0, 0.1) is 0 Å². The minimum absolute atomic E-state index is 0.311. The second-order valence-corrected chi connectivity index (χ2v) is 4.91. The highest BCUT2D eigenvalue weighted by Crippen LogP contribution is 2.37. The van der Waals surface area contributed by atoms with Gasteiger partial charge in [0.25, 0.3) is 0 Å². The second kappa shape index (κ2) is 3.48. The van der Waals surface area contributed by atoms with Crippen LogP contribution in [0.3, 0.4) is 0 Å². The van der Waals surface area contributed by atoms with Crippen LogP contribution in [-0.4, -0.2) is 5.11 Å². The fourth-order valence-electron chi connectivity index (χ4n) is 1.19. The Morgan fingerprint density at radius 1 is 1.46 bits per heavy atom. The van der Waals surface area contributed by atoms with Gasteiger partial charge in [-0.25, -0.2) is 0 Å². The van der Waals surface area contributed by atoms with Crippen molar-refractivity contribution >= 4 is 49.0 Å². The predicted octanol–water partition coefficient (Wildman–Crippen LogP) is 4.11. The van der Waals surface area contributed by atoms with Gasteiger partial charge in [0.05, 0.1) is 10.6 Å². The monoisotopic (exact) mass is 276 g/mol. The molecule has 0 amide bonds. The molecule has 1 heterocycles. The van der Waals surface area contributed by atoms with Gasteiger partial charge in [-0.3, -0.25) is 0 Å². The average molecular weight is 278 g/mol. The van der Waals surface area contributed by atoms with Crippen LogP contribution in [0.4, 0.5) is 0 Å². The van der Waals surface area contributed by atoms with Crippen molar-refractivity contribution in [3.63, 3.8) is 0 Å². The van der Waals surface area contributed by atoms with E-state index in [9.17, 15) is 5.11 Å². The van der Waals surface area contributed by atoms with Gasteiger partial charge in [0.1, 0.15) is 5.75 Å². The van der Waals surface area contributed by atoms with E-state index in [1.165, 1.54) is 0 Å². The number of phenolic OH excluding ortho intramolecular Hbond substituents is 1. The van der Waals surface area contributed by atoms with Crippen molar-refractivity contribution in [3.8, 4) is 5.75 Å². The zero-order valence-electron chi connectivity index (χ0n) is 6.55. The summed E-state index contributed by atoms with van der Waals surface area (Å²) in [4.78, 5) is 1.07. The third kappa shape index (κ3) is 1.56. The Kier molecular flexibility index (Phi) is 2.49. The number of thiophene rings is 1. The Labute approximate surface area is 93.1 Å². The minimum atomic E-state index is 0.311. The molecule has 1 aromatic carbocycles. The van der Waals surface area contributed by atoms with Crippen molar-refractivity contribution in [2.24, 2.45) is 0 Å². The molecule has 68 valence electrons. The number of halogens is 2. The Balaban J connectivity index is 2.80. The maximum Gasteiger partial charge on any atom is 0.124 e. The summed E-state index contributed by atoms with van der Waals surface area (Å²) >= 11 is 10.7. The summed E-state index contributed by atoms with van der Waals surface area (Å²) in [5.41, 5.74) is 0. The molecule has 0 saturated heterocycles. The van der Waals surface area contributed by atoms with Gasteiger partial charge in [0.15, 0.2) is 0 Å². The molecule has 0 radical (unpaired) electrons. The molecule has 0 unspecified atom stereocenters. The highest BCUT2D eigenvalue weighted by Gasteiger charge is 2.07. The lowest BCUT2D eigenvalue weighted by Crippen LogP contribution is -1.67. The van der Waals surface area contributed by atoms with E-state index in [2.05, 4.69) is 15.9 Å². The fraction of sp³-hybridized carbons (Fsp3) is 0.111. The van der Waals surface area contributed by atoms with E-state index >= 15 is 0 Å². The number of rotatable bonds is 1. The zero-order chi connectivity index (χ0) is 9.42. The van der Waals surface area contributed by atoms with Crippen LogP contribution < -0.4 is 0 Å². The first-order chi connectivity index (χ1) is 6.22. The van der Waals surface area contributed by atoms with Gasteiger partial charge in [-0.2, -0.15) is 0 Å². The van der Waals surface area contributed by atoms with Crippen LogP contribution in [0.15, 0.2) is 22.7 Å². The number of phenols is 1. The molecular weight excluding hydrogens is 272 g/mol. The third-order valence-corrected chi connectivity index (χ3v) is 4.33. The van der Waals surface area contributed by atoms with Gasteiger partial charge in [-0.1, -0.05) is 0 Å². The summed E-state index contributed by atoms with van der Waals surface area (Å²) in [6.07, 6.45) is 0. The van der Waals surface area contributed by atoms with Crippen LogP contribution in [0.25, 0.3) is 10.1 Å². The first-order valence-electron chi connectivity index (χ1n) is 3.68. The minimum Gasteiger partial charge on any atom is -0.507 e. The molecule has 13 heavy (non-hydrogen) atoms. The van der Waals surface area contributed by atoms with Gasteiger partial charge in [0, 0.05) is 14.7 Å². The molecule has 0 aliphatic heterocycles. The molecule has 0 saturated carbocycles. The summed E-state index contributed by atoms with van der Waals surface area (Å²) in [6.45, 7) is 0. The van der Waals surface area contributed by atoms with E-state index in [1.807, 2.05) is 12.1 Å². The Morgan fingerprint density at radius 2 is 2.23 bits per heavy atom. The molecule has 1 N–H and O–H groups in total. The lowest BCUT2D eigenvalue weighted by Gasteiger charge is -1.95. The predicted molar refractivity (Wildman–Crippen MR) is 60.7 cm³/mol. The van der Waals surface area contributed by atoms with Crippen LogP contribution in [0.1, 0.15) is 4.88 Å². The van der Waals surface area contributed by atoms with Crippen molar-refractivity contribution in [2.45, 2.75) is 5.88 Å². The molecule has 0 spiro atoms. The van der Waals surface area contributed by atoms with Crippen molar-refractivity contribution in [1.82, 2.24) is 0 Å². The quantitative estimate of drug-likeness (QED) is 0.778. The van der Waals surface area contributed by atoms with E-state index in [1.54, 1.807) is 17.4 Å². The fourth-order valence-corrected chi connectivity index (χ4v) is 2.96. The Morgan fingerprint density at radius 3 is 2.85 bits per heavy atom. The zero-order valence-corrected chi connectivity index (χ0v) is 9.71. The number of fused-ring (bicyclic) bond motifs is 1. The standard InChI is InChI=1S/C9H6BrClOS/c10-7-1-2-8(12)6-3-5(4-11)13-9(6)7/h1-3,12H,4H2. The summed E-state index contributed by atoms with van der Waals surface area (Å²) in [5, 5.41) is 10.4. The maximum atomic E-state index is 9.55. The highest BCUT2D eigenvalue weighted by atomic mass is 79.9. The summed E-state index contributed by atoms with van der Waals surface area (Å²) < 4.78 is 2.05. The normalized spacial score (nSPS) is 10.9. The lowest BCUT2D eigenvalue weighted by molar-refractivity contribution is 0.481. The number of benzene rings is 1. The van der Waals surface area contributed by atoms with E-state index in [0.29, 0.717) is 11.6 Å².